The van der Waals surface area contributed by atoms with Gasteiger partial charge in [-0.1, -0.05) is 29.8 Å². The molecule has 3 rings (SSSR count). The molecule has 2 aromatic carbocycles. The summed E-state index contributed by atoms with van der Waals surface area (Å²) in [5.74, 6) is 0.0226. The Morgan fingerprint density at radius 3 is 2.11 bits per heavy atom. The minimum atomic E-state index is -0.230. The lowest BCUT2D eigenvalue weighted by molar-refractivity contribution is -0.114. The first-order chi connectivity index (χ1) is 13.5. The molecule has 0 fully saturated rings. The standard InChI is InChI=1S/C21H21N5O2/c1-14-3-5-16(6-4-14)11-22-20(28)17-12-23-21(24-13-17)26-19-9-7-18(8-10-19)25-15(2)27/h3-10,12-13H,11H2,1-2H3,(H,22,28)(H,25,27)(H,23,24,26). The first kappa shape index (κ1) is 19.0. The van der Waals surface area contributed by atoms with Crippen LogP contribution in [0.4, 0.5) is 17.3 Å². The summed E-state index contributed by atoms with van der Waals surface area (Å²) in [6.07, 6.45) is 2.96. The second-order valence-corrected chi connectivity index (χ2v) is 6.35. The van der Waals surface area contributed by atoms with E-state index >= 15 is 0 Å². The molecule has 142 valence electrons. The van der Waals surface area contributed by atoms with Crippen LogP contribution < -0.4 is 16.0 Å². The Bertz CT molecular complexity index is 952. The topological polar surface area (TPSA) is 96.0 Å². The van der Waals surface area contributed by atoms with E-state index in [4.69, 9.17) is 0 Å². The molecule has 0 radical (unpaired) electrons. The highest BCUT2D eigenvalue weighted by atomic mass is 16.2. The zero-order valence-corrected chi connectivity index (χ0v) is 15.7. The van der Waals surface area contributed by atoms with Gasteiger partial charge in [0.1, 0.15) is 0 Å². The molecule has 0 aliphatic carbocycles. The van der Waals surface area contributed by atoms with E-state index in [0.29, 0.717) is 23.7 Å². The predicted molar refractivity (Wildman–Crippen MR) is 108 cm³/mol. The van der Waals surface area contributed by atoms with E-state index in [1.165, 1.54) is 24.9 Å². The first-order valence-corrected chi connectivity index (χ1v) is 8.80. The number of aryl methyl sites for hydroxylation is 1. The Kier molecular flexibility index (Phi) is 5.96. The highest BCUT2D eigenvalue weighted by molar-refractivity contribution is 5.93. The summed E-state index contributed by atoms with van der Waals surface area (Å²) >= 11 is 0. The van der Waals surface area contributed by atoms with Crippen molar-refractivity contribution in [1.82, 2.24) is 15.3 Å². The summed E-state index contributed by atoms with van der Waals surface area (Å²) in [5, 5.41) is 8.60. The summed E-state index contributed by atoms with van der Waals surface area (Å²) < 4.78 is 0. The quantitative estimate of drug-likeness (QED) is 0.613. The van der Waals surface area contributed by atoms with E-state index in [9.17, 15) is 9.59 Å². The molecule has 0 saturated carbocycles. The Labute approximate surface area is 163 Å². The molecule has 7 nitrogen and oxygen atoms in total. The maximum Gasteiger partial charge on any atom is 0.254 e. The molecular formula is C21H21N5O2. The van der Waals surface area contributed by atoms with Crippen LogP contribution in [0.25, 0.3) is 0 Å². The van der Waals surface area contributed by atoms with Gasteiger partial charge in [-0.2, -0.15) is 0 Å². The minimum Gasteiger partial charge on any atom is -0.348 e. The molecule has 3 aromatic rings. The molecule has 0 saturated heterocycles. The van der Waals surface area contributed by atoms with Crippen LogP contribution in [0.15, 0.2) is 60.9 Å². The van der Waals surface area contributed by atoms with Crippen LogP contribution in [0.2, 0.25) is 0 Å². The number of anilines is 3. The number of hydrogen-bond donors (Lipinski definition) is 3. The number of hydrogen-bond acceptors (Lipinski definition) is 5. The molecular weight excluding hydrogens is 354 g/mol. The molecule has 0 aliphatic heterocycles. The summed E-state index contributed by atoms with van der Waals surface area (Å²) in [6.45, 7) is 3.92. The summed E-state index contributed by atoms with van der Waals surface area (Å²) in [7, 11) is 0. The molecule has 1 aromatic heterocycles. The molecule has 0 atom stereocenters. The number of carbonyl (C=O) groups is 2. The first-order valence-electron chi connectivity index (χ1n) is 8.80. The molecule has 0 bridgehead atoms. The number of carbonyl (C=O) groups excluding carboxylic acids is 2. The van der Waals surface area contributed by atoms with E-state index in [1.54, 1.807) is 24.3 Å². The highest BCUT2D eigenvalue weighted by Gasteiger charge is 2.07. The van der Waals surface area contributed by atoms with E-state index in [2.05, 4.69) is 25.9 Å². The summed E-state index contributed by atoms with van der Waals surface area (Å²) in [4.78, 5) is 31.6. The zero-order valence-electron chi connectivity index (χ0n) is 15.7. The predicted octanol–water partition coefficient (Wildman–Crippen LogP) is 3.42. The van der Waals surface area contributed by atoms with Crippen molar-refractivity contribution < 1.29 is 9.59 Å². The average Bonchev–Trinajstić information content (AvgIpc) is 2.69. The third-order valence-corrected chi connectivity index (χ3v) is 3.95. The van der Waals surface area contributed by atoms with Crippen molar-refractivity contribution in [2.45, 2.75) is 20.4 Å². The van der Waals surface area contributed by atoms with Gasteiger partial charge in [0, 0.05) is 37.2 Å². The summed E-state index contributed by atoms with van der Waals surface area (Å²) in [6, 6.07) is 15.1. The van der Waals surface area contributed by atoms with Gasteiger partial charge in [-0.3, -0.25) is 9.59 Å². The van der Waals surface area contributed by atoms with E-state index in [0.717, 1.165) is 11.3 Å². The van der Waals surface area contributed by atoms with Crippen molar-refractivity contribution in [2.75, 3.05) is 10.6 Å². The van der Waals surface area contributed by atoms with Crippen molar-refractivity contribution in [2.24, 2.45) is 0 Å². The maximum absolute atomic E-state index is 12.2. The van der Waals surface area contributed by atoms with Gasteiger partial charge in [-0.15, -0.1) is 0 Å². The van der Waals surface area contributed by atoms with Crippen LogP contribution in [0, 0.1) is 6.92 Å². The monoisotopic (exact) mass is 375 g/mol. The number of aromatic nitrogens is 2. The molecule has 28 heavy (non-hydrogen) atoms. The largest absolute Gasteiger partial charge is 0.348 e. The number of amides is 2. The van der Waals surface area contributed by atoms with Gasteiger partial charge in [0.25, 0.3) is 5.91 Å². The van der Waals surface area contributed by atoms with E-state index in [1.807, 2.05) is 31.2 Å². The lowest BCUT2D eigenvalue weighted by Crippen LogP contribution is -2.23. The normalized spacial score (nSPS) is 10.2. The Morgan fingerprint density at radius 2 is 1.50 bits per heavy atom. The lowest BCUT2D eigenvalue weighted by Gasteiger charge is -2.08. The van der Waals surface area contributed by atoms with Gasteiger partial charge < -0.3 is 16.0 Å². The Hall–Kier alpha value is -3.74. The second kappa shape index (κ2) is 8.77. The van der Waals surface area contributed by atoms with Gasteiger partial charge in [-0.05, 0) is 36.8 Å². The number of rotatable bonds is 6. The van der Waals surface area contributed by atoms with Crippen molar-refractivity contribution in [1.29, 1.82) is 0 Å². The Balaban J connectivity index is 1.55. The van der Waals surface area contributed by atoms with Gasteiger partial charge >= 0.3 is 0 Å². The van der Waals surface area contributed by atoms with Crippen LogP contribution in [0.1, 0.15) is 28.4 Å². The van der Waals surface area contributed by atoms with E-state index < -0.39 is 0 Å². The fraction of sp³-hybridized carbons (Fsp3) is 0.143. The molecule has 1 heterocycles. The van der Waals surface area contributed by atoms with Crippen LogP contribution in [0.5, 0.6) is 0 Å². The molecule has 3 N–H and O–H groups in total. The van der Waals surface area contributed by atoms with Crippen molar-refractivity contribution in [3.63, 3.8) is 0 Å². The lowest BCUT2D eigenvalue weighted by atomic mass is 10.1. The second-order valence-electron chi connectivity index (χ2n) is 6.35. The number of nitrogens with zero attached hydrogens (tertiary/aromatic N) is 2. The highest BCUT2D eigenvalue weighted by Crippen LogP contribution is 2.16. The SMILES string of the molecule is CC(=O)Nc1ccc(Nc2ncc(C(=O)NCc3ccc(C)cc3)cn2)cc1. The van der Waals surface area contributed by atoms with Gasteiger partial charge in [0.2, 0.25) is 11.9 Å². The number of nitrogens with one attached hydrogen (secondary N) is 3. The van der Waals surface area contributed by atoms with Gasteiger partial charge in [0.05, 0.1) is 5.56 Å². The van der Waals surface area contributed by atoms with Crippen LogP contribution in [-0.4, -0.2) is 21.8 Å². The van der Waals surface area contributed by atoms with Crippen LogP contribution >= 0.6 is 0 Å². The third-order valence-electron chi connectivity index (χ3n) is 3.95. The molecule has 0 aliphatic rings. The maximum atomic E-state index is 12.2. The van der Waals surface area contributed by atoms with Crippen molar-refractivity contribution in [3.05, 3.63) is 77.6 Å². The van der Waals surface area contributed by atoms with Crippen molar-refractivity contribution in [3.8, 4) is 0 Å². The summed E-state index contributed by atoms with van der Waals surface area (Å²) in [5.41, 5.74) is 4.07. The smallest absolute Gasteiger partial charge is 0.254 e. The van der Waals surface area contributed by atoms with Crippen LogP contribution in [0.3, 0.4) is 0 Å². The minimum absolute atomic E-state index is 0.125. The zero-order chi connectivity index (χ0) is 19.9. The number of benzene rings is 2. The van der Waals surface area contributed by atoms with Crippen molar-refractivity contribution >= 4 is 29.1 Å². The molecule has 0 spiro atoms. The third kappa shape index (κ3) is 5.38. The average molecular weight is 375 g/mol. The fourth-order valence-electron chi connectivity index (χ4n) is 2.47. The fourth-order valence-corrected chi connectivity index (χ4v) is 2.47. The molecule has 2 amide bonds. The van der Waals surface area contributed by atoms with Gasteiger partial charge in [-0.25, -0.2) is 9.97 Å². The Morgan fingerprint density at radius 1 is 0.893 bits per heavy atom. The van der Waals surface area contributed by atoms with E-state index in [-0.39, 0.29) is 11.8 Å². The van der Waals surface area contributed by atoms with Gasteiger partial charge in [0.15, 0.2) is 0 Å². The molecule has 7 heteroatoms. The van der Waals surface area contributed by atoms with Crippen LogP contribution in [-0.2, 0) is 11.3 Å². The molecule has 0 unspecified atom stereocenters.